The predicted octanol–water partition coefficient (Wildman–Crippen LogP) is 2.51. The molecule has 0 unspecified atom stereocenters. The number of carbonyl (C=O) groups is 4. The highest BCUT2D eigenvalue weighted by Gasteiger charge is 2.18. The number of halogens is 1. The second kappa shape index (κ2) is 12.8. The van der Waals surface area contributed by atoms with Gasteiger partial charge in [-0.05, 0) is 48.9 Å². The molecule has 2 aromatic carbocycles. The largest absolute Gasteiger partial charge is 0.452 e. The highest BCUT2D eigenvalue weighted by atomic mass is 35.5. The summed E-state index contributed by atoms with van der Waals surface area (Å²) in [5, 5.41) is 14.3. The van der Waals surface area contributed by atoms with E-state index in [0.29, 0.717) is 17.3 Å². The molecule has 0 saturated carbocycles. The van der Waals surface area contributed by atoms with E-state index in [4.69, 9.17) is 21.6 Å². The van der Waals surface area contributed by atoms with Crippen LogP contribution in [0.4, 0.5) is 5.69 Å². The van der Waals surface area contributed by atoms with Crippen LogP contribution < -0.4 is 10.6 Å². The quantitative estimate of drug-likeness (QED) is 0.513. The molecule has 0 radical (unpaired) electrons. The van der Waals surface area contributed by atoms with Crippen molar-refractivity contribution < 1.29 is 23.9 Å². The Morgan fingerprint density at radius 1 is 1.03 bits per heavy atom. The first-order valence-corrected chi connectivity index (χ1v) is 10.4. The SMILES string of the molecule is CCN(CC(=O)NCc1ccc(Cl)cc1)C(=O)COC(=O)c1ccc(NC(=O)CC#N)cc1. The molecule has 0 bridgehead atoms. The van der Waals surface area contributed by atoms with Crippen molar-refractivity contribution in [1.29, 1.82) is 5.26 Å². The van der Waals surface area contributed by atoms with Gasteiger partial charge in [-0.1, -0.05) is 23.7 Å². The molecule has 172 valence electrons. The first-order chi connectivity index (χ1) is 15.8. The molecular weight excluding hydrogens is 448 g/mol. The average molecular weight is 471 g/mol. The molecule has 0 heterocycles. The van der Waals surface area contributed by atoms with Crippen LogP contribution in [0, 0.1) is 11.3 Å². The summed E-state index contributed by atoms with van der Waals surface area (Å²) in [7, 11) is 0. The van der Waals surface area contributed by atoms with Crippen LogP contribution in [0.15, 0.2) is 48.5 Å². The van der Waals surface area contributed by atoms with Crippen molar-refractivity contribution in [3.8, 4) is 6.07 Å². The van der Waals surface area contributed by atoms with Crippen LogP contribution in [-0.2, 0) is 25.7 Å². The van der Waals surface area contributed by atoms with E-state index < -0.39 is 24.4 Å². The summed E-state index contributed by atoms with van der Waals surface area (Å²) in [6, 6.07) is 14.6. The van der Waals surface area contributed by atoms with Gasteiger partial charge in [-0.2, -0.15) is 5.26 Å². The molecule has 0 aromatic heterocycles. The topological polar surface area (TPSA) is 129 Å². The van der Waals surface area contributed by atoms with Gasteiger partial charge in [0, 0.05) is 23.8 Å². The minimum Gasteiger partial charge on any atom is -0.452 e. The summed E-state index contributed by atoms with van der Waals surface area (Å²) >= 11 is 5.83. The van der Waals surface area contributed by atoms with E-state index in [1.807, 2.05) is 0 Å². The molecule has 0 aliphatic rings. The predicted molar refractivity (Wildman–Crippen MR) is 121 cm³/mol. The molecule has 2 aromatic rings. The maximum Gasteiger partial charge on any atom is 0.338 e. The highest BCUT2D eigenvalue weighted by Crippen LogP contribution is 2.11. The summed E-state index contributed by atoms with van der Waals surface area (Å²) in [4.78, 5) is 49.4. The molecular formula is C23H23ClN4O5. The number of anilines is 1. The van der Waals surface area contributed by atoms with E-state index in [1.165, 1.54) is 29.2 Å². The zero-order valence-electron chi connectivity index (χ0n) is 18.0. The number of nitriles is 1. The van der Waals surface area contributed by atoms with Crippen molar-refractivity contribution in [2.45, 2.75) is 19.9 Å². The fourth-order valence-corrected chi connectivity index (χ4v) is 2.80. The maximum atomic E-state index is 12.4. The van der Waals surface area contributed by atoms with Crippen molar-refractivity contribution in [3.05, 3.63) is 64.7 Å². The van der Waals surface area contributed by atoms with Crippen molar-refractivity contribution in [2.75, 3.05) is 25.0 Å². The first-order valence-electron chi connectivity index (χ1n) is 10.0. The van der Waals surface area contributed by atoms with Crippen LogP contribution in [0.3, 0.4) is 0 Å². The number of carbonyl (C=O) groups excluding carboxylic acids is 4. The van der Waals surface area contributed by atoms with Gasteiger partial charge in [0.2, 0.25) is 11.8 Å². The fourth-order valence-electron chi connectivity index (χ4n) is 2.68. The molecule has 0 atom stereocenters. The Labute approximate surface area is 196 Å². The first kappa shape index (κ1) is 25.4. The smallest absolute Gasteiger partial charge is 0.338 e. The van der Waals surface area contributed by atoms with E-state index in [2.05, 4.69) is 10.6 Å². The van der Waals surface area contributed by atoms with Crippen molar-refractivity contribution >= 4 is 41.0 Å². The number of likely N-dealkylation sites (N-methyl/N-ethyl adjacent to an activating group) is 1. The molecule has 9 nitrogen and oxygen atoms in total. The standard InChI is InChI=1S/C23H23ClN4O5/c1-2-28(14-21(30)26-13-16-3-7-18(24)8-4-16)22(31)15-33-23(32)17-5-9-19(10-6-17)27-20(29)11-12-25/h3-10H,2,11,13-15H2,1H3,(H,26,30)(H,27,29). The lowest BCUT2D eigenvalue weighted by molar-refractivity contribution is -0.138. The zero-order chi connectivity index (χ0) is 24.2. The van der Waals surface area contributed by atoms with E-state index in [9.17, 15) is 19.2 Å². The number of benzene rings is 2. The van der Waals surface area contributed by atoms with Crippen LogP contribution in [0.2, 0.25) is 5.02 Å². The van der Waals surface area contributed by atoms with E-state index in [1.54, 1.807) is 37.3 Å². The fraction of sp³-hybridized carbons (Fsp3) is 0.261. The van der Waals surface area contributed by atoms with Crippen LogP contribution in [0.25, 0.3) is 0 Å². The normalized spacial score (nSPS) is 9.97. The Morgan fingerprint density at radius 3 is 2.30 bits per heavy atom. The number of rotatable bonds is 10. The number of nitrogens with zero attached hydrogens (tertiary/aromatic N) is 2. The van der Waals surface area contributed by atoms with Gasteiger partial charge in [0.15, 0.2) is 6.61 Å². The Hall–Kier alpha value is -3.90. The van der Waals surface area contributed by atoms with Crippen molar-refractivity contribution in [1.82, 2.24) is 10.2 Å². The maximum absolute atomic E-state index is 12.4. The summed E-state index contributed by atoms with van der Waals surface area (Å²) in [5.41, 5.74) is 1.47. The van der Waals surface area contributed by atoms with Crippen LogP contribution in [0.1, 0.15) is 29.3 Å². The molecule has 0 spiro atoms. The molecule has 0 fully saturated rings. The summed E-state index contributed by atoms with van der Waals surface area (Å²) < 4.78 is 5.05. The van der Waals surface area contributed by atoms with Crippen molar-refractivity contribution in [2.24, 2.45) is 0 Å². The molecule has 33 heavy (non-hydrogen) atoms. The number of nitrogens with one attached hydrogen (secondary N) is 2. The van der Waals surface area contributed by atoms with Gasteiger partial charge < -0.3 is 20.3 Å². The molecule has 2 rings (SSSR count). The highest BCUT2D eigenvalue weighted by molar-refractivity contribution is 6.30. The molecule has 10 heteroatoms. The summed E-state index contributed by atoms with van der Waals surface area (Å²) in [6.07, 6.45) is -0.279. The number of ether oxygens (including phenoxy) is 1. The number of amides is 3. The Bertz CT molecular complexity index is 1030. The third-order valence-electron chi connectivity index (χ3n) is 4.44. The second-order valence-corrected chi connectivity index (χ2v) is 7.28. The van der Waals surface area contributed by atoms with E-state index >= 15 is 0 Å². The lowest BCUT2D eigenvalue weighted by atomic mass is 10.2. The monoisotopic (exact) mass is 470 g/mol. The molecule has 0 aliphatic carbocycles. The van der Waals surface area contributed by atoms with Gasteiger partial charge in [-0.3, -0.25) is 14.4 Å². The van der Waals surface area contributed by atoms with Crippen LogP contribution in [0.5, 0.6) is 0 Å². The molecule has 0 aliphatic heterocycles. The molecule has 2 N–H and O–H groups in total. The van der Waals surface area contributed by atoms with Gasteiger partial charge in [0.05, 0.1) is 18.2 Å². The Morgan fingerprint density at radius 2 is 1.70 bits per heavy atom. The average Bonchev–Trinajstić information content (AvgIpc) is 2.81. The lowest BCUT2D eigenvalue weighted by Gasteiger charge is -2.20. The van der Waals surface area contributed by atoms with Crippen LogP contribution >= 0.6 is 11.6 Å². The summed E-state index contributed by atoms with van der Waals surface area (Å²) in [5.74, 6) is -2.04. The third-order valence-corrected chi connectivity index (χ3v) is 4.69. The minimum absolute atomic E-state index is 0.169. The number of esters is 1. The second-order valence-electron chi connectivity index (χ2n) is 6.85. The van der Waals surface area contributed by atoms with E-state index in [0.717, 1.165) is 5.56 Å². The zero-order valence-corrected chi connectivity index (χ0v) is 18.7. The Kier molecular flexibility index (Phi) is 9.86. The molecule has 0 saturated heterocycles. The summed E-state index contributed by atoms with van der Waals surface area (Å²) in [6.45, 7) is 1.59. The van der Waals surface area contributed by atoms with Crippen molar-refractivity contribution in [3.63, 3.8) is 0 Å². The van der Waals surface area contributed by atoms with Gasteiger partial charge in [0.1, 0.15) is 6.42 Å². The lowest BCUT2D eigenvalue weighted by Crippen LogP contribution is -2.42. The van der Waals surface area contributed by atoms with Gasteiger partial charge >= 0.3 is 5.97 Å². The van der Waals surface area contributed by atoms with Gasteiger partial charge in [0.25, 0.3) is 5.91 Å². The third kappa shape index (κ3) is 8.63. The number of hydrogen-bond acceptors (Lipinski definition) is 6. The van der Waals surface area contributed by atoms with Gasteiger partial charge in [-0.25, -0.2) is 4.79 Å². The Balaban J connectivity index is 1.80. The minimum atomic E-state index is -0.721. The van der Waals surface area contributed by atoms with E-state index in [-0.39, 0.29) is 31.0 Å². The number of hydrogen-bond donors (Lipinski definition) is 2. The molecule has 3 amide bonds. The van der Waals surface area contributed by atoms with Crippen LogP contribution in [-0.4, -0.2) is 48.3 Å². The van der Waals surface area contributed by atoms with Gasteiger partial charge in [-0.15, -0.1) is 0 Å².